The number of aliphatic carboxylic acids is 1. The summed E-state index contributed by atoms with van der Waals surface area (Å²) in [6, 6.07) is 9.78. The highest BCUT2D eigenvalue weighted by molar-refractivity contribution is 6.30. The minimum atomic E-state index is -1.13. The van der Waals surface area contributed by atoms with Crippen molar-refractivity contribution < 1.29 is 19.8 Å². The summed E-state index contributed by atoms with van der Waals surface area (Å²) in [6.45, 7) is 0. The zero-order chi connectivity index (χ0) is 17.0. The lowest BCUT2D eigenvalue weighted by Gasteiger charge is -2.08. The molecule has 0 saturated carbocycles. The standard InChI is InChI=1S/C16H11ClN2O4/c17-11-3-1-2-9(6-11)12-7-10(8-18)16(23)15(19-12)13(20)4-5-14(21)22/h1-3,6-7,23H,4-5H2,(H,21,22). The van der Waals surface area contributed by atoms with Crippen molar-refractivity contribution in [3.63, 3.8) is 0 Å². The fourth-order valence-corrected chi connectivity index (χ4v) is 2.14. The molecular weight excluding hydrogens is 320 g/mol. The molecule has 0 bridgehead atoms. The summed E-state index contributed by atoms with van der Waals surface area (Å²) >= 11 is 5.91. The van der Waals surface area contributed by atoms with E-state index in [2.05, 4.69) is 4.98 Å². The third-order valence-electron chi connectivity index (χ3n) is 3.06. The van der Waals surface area contributed by atoms with Gasteiger partial charge in [-0.05, 0) is 18.2 Å². The van der Waals surface area contributed by atoms with E-state index >= 15 is 0 Å². The normalized spacial score (nSPS) is 10.1. The van der Waals surface area contributed by atoms with Gasteiger partial charge in [-0.2, -0.15) is 5.26 Å². The van der Waals surface area contributed by atoms with Crippen LogP contribution in [0, 0.1) is 11.3 Å². The monoisotopic (exact) mass is 330 g/mol. The average Bonchev–Trinajstić information content (AvgIpc) is 2.52. The molecule has 6 nitrogen and oxygen atoms in total. The Labute approximate surface area is 136 Å². The number of nitrogens with zero attached hydrogens (tertiary/aromatic N) is 2. The molecule has 2 N–H and O–H groups in total. The molecule has 1 aromatic carbocycles. The first-order chi connectivity index (χ1) is 10.9. The van der Waals surface area contributed by atoms with Gasteiger partial charge >= 0.3 is 5.97 Å². The molecule has 7 heteroatoms. The van der Waals surface area contributed by atoms with Crippen LogP contribution in [-0.2, 0) is 4.79 Å². The number of carbonyl (C=O) groups is 2. The molecule has 1 aromatic heterocycles. The smallest absolute Gasteiger partial charge is 0.303 e. The van der Waals surface area contributed by atoms with Gasteiger partial charge in [0.05, 0.1) is 17.7 Å². The van der Waals surface area contributed by atoms with Crippen molar-refractivity contribution in [3.8, 4) is 23.1 Å². The largest absolute Gasteiger partial charge is 0.504 e. The van der Waals surface area contributed by atoms with Crippen molar-refractivity contribution in [2.45, 2.75) is 12.8 Å². The molecule has 0 saturated heterocycles. The fourth-order valence-electron chi connectivity index (χ4n) is 1.95. The van der Waals surface area contributed by atoms with Crippen LogP contribution in [0.1, 0.15) is 28.9 Å². The average molecular weight is 331 g/mol. The summed E-state index contributed by atoms with van der Waals surface area (Å²) in [4.78, 5) is 26.7. The Balaban J connectivity index is 2.50. The zero-order valence-electron chi connectivity index (χ0n) is 11.8. The Morgan fingerprint density at radius 3 is 2.61 bits per heavy atom. The van der Waals surface area contributed by atoms with Crippen LogP contribution in [0.4, 0.5) is 0 Å². The number of carboxylic acids is 1. The number of halogens is 1. The Kier molecular flexibility index (Phi) is 4.94. The van der Waals surface area contributed by atoms with Crippen LogP contribution < -0.4 is 0 Å². The summed E-state index contributed by atoms with van der Waals surface area (Å²) in [6.07, 6.45) is -0.705. The second kappa shape index (κ2) is 6.90. The van der Waals surface area contributed by atoms with E-state index in [0.717, 1.165) is 0 Å². The van der Waals surface area contributed by atoms with Crippen molar-refractivity contribution in [1.82, 2.24) is 4.98 Å². The lowest BCUT2D eigenvalue weighted by Crippen LogP contribution is -2.07. The molecule has 0 aliphatic heterocycles. The van der Waals surface area contributed by atoms with Crippen LogP contribution in [0.2, 0.25) is 5.02 Å². The number of benzene rings is 1. The summed E-state index contributed by atoms with van der Waals surface area (Å²) in [7, 11) is 0. The van der Waals surface area contributed by atoms with Gasteiger partial charge in [0.2, 0.25) is 0 Å². The number of aromatic nitrogens is 1. The van der Waals surface area contributed by atoms with Crippen molar-refractivity contribution in [3.05, 3.63) is 46.6 Å². The molecule has 1 heterocycles. The van der Waals surface area contributed by atoms with Gasteiger partial charge in [0.25, 0.3) is 0 Å². The van der Waals surface area contributed by atoms with E-state index in [-0.39, 0.29) is 24.1 Å². The van der Waals surface area contributed by atoms with Crippen molar-refractivity contribution in [2.75, 3.05) is 0 Å². The lowest BCUT2D eigenvalue weighted by atomic mass is 10.0. The van der Waals surface area contributed by atoms with Crippen molar-refractivity contribution >= 4 is 23.4 Å². The molecule has 0 amide bonds. The van der Waals surface area contributed by atoms with Gasteiger partial charge in [0.1, 0.15) is 11.8 Å². The molecule has 23 heavy (non-hydrogen) atoms. The highest BCUT2D eigenvalue weighted by Crippen LogP contribution is 2.29. The number of carbonyl (C=O) groups excluding carboxylic acids is 1. The number of aromatic hydroxyl groups is 1. The lowest BCUT2D eigenvalue weighted by molar-refractivity contribution is -0.136. The number of pyridine rings is 1. The van der Waals surface area contributed by atoms with Gasteiger partial charge in [-0.25, -0.2) is 4.98 Å². The van der Waals surface area contributed by atoms with E-state index < -0.39 is 17.5 Å². The summed E-state index contributed by atoms with van der Waals surface area (Å²) < 4.78 is 0. The van der Waals surface area contributed by atoms with Crippen LogP contribution in [0.5, 0.6) is 5.75 Å². The predicted molar refractivity (Wildman–Crippen MR) is 82.3 cm³/mol. The highest BCUT2D eigenvalue weighted by atomic mass is 35.5. The second-order valence-corrected chi connectivity index (χ2v) is 5.13. The topological polar surface area (TPSA) is 111 Å². The van der Waals surface area contributed by atoms with Crippen LogP contribution in [0.25, 0.3) is 11.3 Å². The molecule has 0 radical (unpaired) electrons. The highest BCUT2D eigenvalue weighted by Gasteiger charge is 2.19. The number of carboxylic acid groups (broad SMARTS) is 1. The molecular formula is C16H11ClN2O4. The first kappa shape index (κ1) is 16.5. The van der Waals surface area contributed by atoms with E-state index in [1.165, 1.54) is 6.07 Å². The maximum absolute atomic E-state index is 12.1. The van der Waals surface area contributed by atoms with E-state index in [1.54, 1.807) is 30.3 Å². The number of Topliss-reactive ketones (excluding diaryl/α,β-unsaturated/α-hetero) is 1. The predicted octanol–water partition coefficient (Wildman–Crippen LogP) is 3.03. The number of nitriles is 1. The fraction of sp³-hybridized carbons (Fsp3) is 0.125. The molecule has 116 valence electrons. The zero-order valence-corrected chi connectivity index (χ0v) is 12.5. The molecule has 0 aliphatic rings. The van der Waals surface area contributed by atoms with Crippen LogP contribution in [-0.4, -0.2) is 26.9 Å². The maximum Gasteiger partial charge on any atom is 0.303 e. The Morgan fingerprint density at radius 1 is 1.26 bits per heavy atom. The van der Waals surface area contributed by atoms with Crippen LogP contribution in [0.3, 0.4) is 0 Å². The molecule has 2 rings (SSSR count). The number of ketones is 1. The van der Waals surface area contributed by atoms with Crippen molar-refractivity contribution in [2.24, 2.45) is 0 Å². The van der Waals surface area contributed by atoms with Gasteiger partial charge in [-0.3, -0.25) is 9.59 Å². The van der Waals surface area contributed by atoms with Crippen molar-refractivity contribution in [1.29, 1.82) is 5.26 Å². The Hall–Kier alpha value is -2.91. The summed E-state index contributed by atoms with van der Waals surface area (Å²) in [5.41, 5.74) is 0.427. The molecule has 0 atom stereocenters. The first-order valence-corrected chi connectivity index (χ1v) is 6.95. The van der Waals surface area contributed by atoms with Crippen LogP contribution >= 0.6 is 11.6 Å². The van der Waals surface area contributed by atoms with Gasteiger partial charge in [0.15, 0.2) is 11.5 Å². The van der Waals surface area contributed by atoms with E-state index in [4.69, 9.17) is 22.0 Å². The summed E-state index contributed by atoms with van der Waals surface area (Å²) in [5.74, 6) is -2.33. The maximum atomic E-state index is 12.1. The minimum absolute atomic E-state index is 0.117. The minimum Gasteiger partial charge on any atom is -0.504 e. The molecule has 0 spiro atoms. The Bertz CT molecular complexity index is 827. The SMILES string of the molecule is N#Cc1cc(-c2cccc(Cl)c2)nc(C(=O)CCC(=O)O)c1O. The van der Waals surface area contributed by atoms with Gasteiger partial charge in [0, 0.05) is 17.0 Å². The Morgan fingerprint density at radius 2 is 2.00 bits per heavy atom. The molecule has 0 fully saturated rings. The van der Waals surface area contributed by atoms with E-state index in [1.807, 2.05) is 0 Å². The second-order valence-electron chi connectivity index (χ2n) is 4.69. The van der Waals surface area contributed by atoms with E-state index in [9.17, 15) is 14.7 Å². The summed E-state index contributed by atoms with van der Waals surface area (Å²) in [5, 5.41) is 28.2. The number of hydrogen-bond acceptors (Lipinski definition) is 5. The first-order valence-electron chi connectivity index (χ1n) is 6.57. The third kappa shape index (κ3) is 3.84. The third-order valence-corrected chi connectivity index (χ3v) is 3.30. The van der Waals surface area contributed by atoms with Gasteiger partial charge < -0.3 is 10.2 Å². The number of hydrogen-bond donors (Lipinski definition) is 2. The van der Waals surface area contributed by atoms with E-state index in [0.29, 0.717) is 16.3 Å². The quantitative estimate of drug-likeness (QED) is 0.815. The van der Waals surface area contributed by atoms with Gasteiger partial charge in [-0.15, -0.1) is 0 Å². The van der Waals surface area contributed by atoms with Gasteiger partial charge in [-0.1, -0.05) is 23.7 Å². The number of rotatable bonds is 5. The molecule has 2 aromatic rings. The molecule has 0 unspecified atom stereocenters. The molecule has 0 aliphatic carbocycles. The van der Waals surface area contributed by atoms with Crippen LogP contribution in [0.15, 0.2) is 30.3 Å².